The van der Waals surface area contributed by atoms with Crippen LogP contribution in [0.25, 0.3) is 0 Å². The number of benzene rings is 1. The van der Waals surface area contributed by atoms with Gasteiger partial charge in [-0.3, -0.25) is 9.59 Å². The maximum absolute atomic E-state index is 12.5. The quantitative estimate of drug-likeness (QED) is 0.897. The van der Waals surface area contributed by atoms with Gasteiger partial charge in [-0.2, -0.15) is 0 Å². The minimum absolute atomic E-state index is 0.0215. The summed E-state index contributed by atoms with van der Waals surface area (Å²) in [5.74, 6) is 0.825. The molecule has 4 nitrogen and oxygen atoms in total. The topological polar surface area (TPSA) is 58.2 Å². The fourth-order valence-corrected chi connectivity index (χ4v) is 4.15. The van der Waals surface area contributed by atoms with E-state index in [1.165, 1.54) is 0 Å². The Morgan fingerprint density at radius 1 is 1.05 bits per heavy atom. The molecule has 3 aliphatic rings. The van der Waals surface area contributed by atoms with Crippen LogP contribution in [0.5, 0.6) is 0 Å². The molecule has 2 amide bonds. The van der Waals surface area contributed by atoms with Crippen LogP contribution in [0.3, 0.4) is 0 Å². The van der Waals surface area contributed by atoms with E-state index in [0.29, 0.717) is 23.9 Å². The summed E-state index contributed by atoms with van der Waals surface area (Å²) in [6.07, 6.45) is 4.48. The highest BCUT2D eigenvalue weighted by Crippen LogP contribution is 2.45. The van der Waals surface area contributed by atoms with Crippen LogP contribution in [0.15, 0.2) is 30.3 Å². The van der Waals surface area contributed by atoms with Crippen molar-refractivity contribution in [1.82, 2.24) is 10.6 Å². The third-order valence-corrected chi connectivity index (χ3v) is 5.21. The van der Waals surface area contributed by atoms with Gasteiger partial charge in [-0.15, -0.1) is 0 Å². The summed E-state index contributed by atoms with van der Waals surface area (Å²) in [6.45, 7) is 2.59. The van der Waals surface area contributed by atoms with Crippen molar-refractivity contribution in [2.75, 3.05) is 6.54 Å². The summed E-state index contributed by atoms with van der Waals surface area (Å²) >= 11 is 0. The predicted molar refractivity (Wildman–Crippen MR) is 85.3 cm³/mol. The van der Waals surface area contributed by atoms with E-state index < -0.39 is 0 Å². The van der Waals surface area contributed by atoms with Crippen molar-refractivity contribution in [2.45, 2.75) is 38.6 Å². The maximum Gasteiger partial charge on any atom is 0.251 e. The lowest BCUT2D eigenvalue weighted by Gasteiger charge is -2.47. The average molecular weight is 300 g/mol. The molecule has 2 atom stereocenters. The van der Waals surface area contributed by atoms with Gasteiger partial charge < -0.3 is 10.6 Å². The number of carbonyl (C=O) groups excluding carboxylic acids is 2. The molecule has 0 unspecified atom stereocenters. The molecule has 4 rings (SSSR count). The first kappa shape index (κ1) is 15.1. The summed E-state index contributed by atoms with van der Waals surface area (Å²) < 4.78 is 0. The number of fused-ring (bicyclic) bond motifs is 3. The molecule has 118 valence electrons. The zero-order chi connectivity index (χ0) is 15.5. The van der Waals surface area contributed by atoms with Gasteiger partial charge in [0.05, 0.1) is 5.92 Å². The Balaban J connectivity index is 1.77. The first-order valence-electron chi connectivity index (χ1n) is 8.34. The lowest BCUT2D eigenvalue weighted by Crippen LogP contribution is -2.58. The van der Waals surface area contributed by atoms with Crippen LogP contribution in [0, 0.1) is 17.8 Å². The average Bonchev–Trinajstić information content (AvgIpc) is 2.56. The Labute approximate surface area is 131 Å². The molecule has 0 aliphatic heterocycles. The van der Waals surface area contributed by atoms with E-state index in [4.69, 9.17) is 0 Å². The van der Waals surface area contributed by atoms with E-state index >= 15 is 0 Å². The second-order valence-electron chi connectivity index (χ2n) is 6.46. The fraction of sp³-hybridized carbons (Fsp3) is 0.556. The van der Waals surface area contributed by atoms with Gasteiger partial charge >= 0.3 is 0 Å². The molecule has 2 N–H and O–H groups in total. The minimum Gasteiger partial charge on any atom is -0.356 e. The van der Waals surface area contributed by atoms with Crippen LogP contribution >= 0.6 is 0 Å². The Bertz CT molecular complexity index is 535. The highest BCUT2D eigenvalue weighted by atomic mass is 16.2. The number of rotatable bonds is 4. The van der Waals surface area contributed by atoms with E-state index in [0.717, 1.165) is 25.7 Å². The maximum atomic E-state index is 12.5. The number of carbonyl (C=O) groups is 2. The highest BCUT2D eigenvalue weighted by molar-refractivity contribution is 5.94. The van der Waals surface area contributed by atoms with E-state index in [2.05, 4.69) is 10.6 Å². The lowest BCUT2D eigenvalue weighted by molar-refractivity contribution is -0.131. The Hall–Kier alpha value is -1.84. The standard InChI is InChI=1S/C18H24N2O2/c1-2-19-18(22)15-12-8-10-13(11-9-12)16(15)20-17(21)14-6-4-3-5-7-14/h3-7,12-13,15-16H,2,8-11H2,1H3,(H,19,22)(H,20,21)/t12?,13?,15-,16+/m1/s1. The van der Waals surface area contributed by atoms with Crippen LogP contribution in [-0.2, 0) is 4.79 Å². The van der Waals surface area contributed by atoms with Crippen molar-refractivity contribution in [1.29, 1.82) is 0 Å². The van der Waals surface area contributed by atoms with Crippen LogP contribution in [0.2, 0.25) is 0 Å². The molecule has 0 saturated heterocycles. The molecular formula is C18H24N2O2. The van der Waals surface area contributed by atoms with Gasteiger partial charge in [0.25, 0.3) is 5.91 Å². The molecule has 0 heterocycles. The van der Waals surface area contributed by atoms with Gasteiger partial charge in [0.15, 0.2) is 0 Å². The highest BCUT2D eigenvalue weighted by Gasteiger charge is 2.47. The molecule has 3 aliphatic carbocycles. The van der Waals surface area contributed by atoms with Crippen molar-refractivity contribution in [3.05, 3.63) is 35.9 Å². The molecule has 1 aromatic carbocycles. The molecule has 0 radical (unpaired) electrons. The van der Waals surface area contributed by atoms with Crippen LogP contribution in [0.1, 0.15) is 43.0 Å². The molecule has 3 fully saturated rings. The van der Waals surface area contributed by atoms with Crippen molar-refractivity contribution in [2.24, 2.45) is 17.8 Å². The molecule has 22 heavy (non-hydrogen) atoms. The van der Waals surface area contributed by atoms with Crippen LogP contribution in [0.4, 0.5) is 0 Å². The van der Waals surface area contributed by atoms with Crippen molar-refractivity contribution < 1.29 is 9.59 Å². The SMILES string of the molecule is CCNC(=O)[C@@H]1C2CCC(CC2)[C@@H]1NC(=O)c1ccccc1. The van der Waals surface area contributed by atoms with Gasteiger partial charge in [-0.1, -0.05) is 18.2 Å². The summed E-state index contributed by atoms with van der Waals surface area (Å²) in [7, 11) is 0. The van der Waals surface area contributed by atoms with Gasteiger partial charge in [0.2, 0.25) is 5.91 Å². The lowest BCUT2D eigenvalue weighted by atomic mass is 9.61. The second-order valence-corrected chi connectivity index (χ2v) is 6.46. The predicted octanol–water partition coefficient (Wildman–Crippen LogP) is 2.36. The largest absolute Gasteiger partial charge is 0.356 e. The molecular weight excluding hydrogens is 276 g/mol. The van der Waals surface area contributed by atoms with Gasteiger partial charge in [0, 0.05) is 18.2 Å². The number of nitrogens with one attached hydrogen (secondary N) is 2. The Kier molecular flexibility index (Phi) is 4.46. The smallest absolute Gasteiger partial charge is 0.251 e. The van der Waals surface area contributed by atoms with E-state index in [-0.39, 0.29) is 23.8 Å². The number of hydrogen-bond donors (Lipinski definition) is 2. The summed E-state index contributed by atoms with van der Waals surface area (Å²) in [5, 5.41) is 6.11. The van der Waals surface area contributed by atoms with Gasteiger partial charge in [0.1, 0.15) is 0 Å². The second kappa shape index (κ2) is 6.51. The van der Waals surface area contributed by atoms with Gasteiger partial charge in [-0.05, 0) is 56.6 Å². The van der Waals surface area contributed by atoms with Crippen molar-refractivity contribution in [3.8, 4) is 0 Å². The summed E-state index contributed by atoms with van der Waals surface area (Å²) in [5.41, 5.74) is 0.665. The molecule has 2 bridgehead atoms. The van der Waals surface area contributed by atoms with E-state index in [1.54, 1.807) is 0 Å². The Morgan fingerprint density at radius 3 is 2.32 bits per heavy atom. The summed E-state index contributed by atoms with van der Waals surface area (Å²) in [6, 6.07) is 9.24. The number of amides is 2. The monoisotopic (exact) mass is 300 g/mol. The minimum atomic E-state index is -0.0693. The Morgan fingerprint density at radius 2 is 1.68 bits per heavy atom. The number of hydrogen-bond acceptors (Lipinski definition) is 2. The van der Waals surface area contributed by atoms with Crippen LogP contribution < -0.4 is 10.6 Å². The molecule has 1 aromatic rings. The van der Waals surface area contributed by atoms with Gasteiger partial charge in [-0.25, -0.2) is 0 Å². The van der Waals surface area contributed by atoms with E-state index in [1.807, 2.05) is 37.3 Å². The molecule has 3 saturated carbocycles. The molecule has 4 heteroatoms. The third-order valence-electron chi connectivity index (χ3n) is 5.21. The molecule has 0 spiro atoms. The molecule has 0 aromatic heterocycles. The summed E-state index contributed by atoms with van der Waals surface area (Å²) in [4.78, 5) is 24.9. The van der Waals surface area contributed by atoms with Crippen molar-refractivity contribution >= 4 is 11.8 Å². The zero-order valence-electron chi connectivity index (χ0n) is 13.0. The third kappa shape index (κ3) is 2.87. The zero-order valence-corrected chi connectivity index (χ0v) is 13.0. The first-order valence-corrected chi connectivity index (χ1v) is 8.34. The van der Waals surface area contributed by atoms with Crippen LogP contribution in [-0.4, -0.2) is 24.4 Å². The normalized spacial score (nSPS) is 29.9. The first-order chi connectivity index (χ1) is 10.7. The fourth-order valence-electron chi connectivity index (χ4n) is 4.15. The van der Waals surface area contributed by atoms with Crippen molar-refractivity contribution in [3.63, 3.8) is 0 Å². The van der Waals surface area contributed by atoms with E-state index in [9.17, 15) is 9.59 Å².